The fourth-order valence-corrected chi connectivity index (χ4v) is 10.5. The van der Waals surface area contributed by atoms with Gasteiger partial charge in [0, 0.05) is 29.9 Å². The molecule has 2 aliphatic carbocycles. The molecule has 320 valence electrons. The van der Waals surface area contributed by atoms with E-state index in [-0.39, 0.29) is 41.9 Å². The number of H-pyrrole nitrogens is 2. The van der Waals surface area contributed by atoms with E-state index in [1.165, 1.54) is 7.11 Å². The van der Waals surface area contributed by atoms with Gasteiger partial charge in [-0.3, -0.25) is 9.59 Å². The molecule has 2 aliphatic heterocycles. The zero-order valence-electron chi connectivity index (χ0n) is 35.5. The summed E-state index contributed by atoms with van der Waals surface area (Å²) in [6.07, 6.45) is 2.97. The summed E-state index contributed by atoms with van der Waals surface area (Å²) < 4.78 is 4.84. The highest BCUT2D eigenvalue weighted by molar-refractivity contribution is 6.07. The third-order valence-corrected chi connectivity index (χ3v) is 13.9. The maximum atomic E-state index is 14.3. The lowest BCUT2D eigenvalue weighted by molar-refractivity contribution is -0.137. The number of nitrogens with zero attached hydrogens (tertiary/aromatic N) is 4. The number of aromatic nitrogens is 4. The number of methoxy groups -OCH3 is 1. The minimum atomic E-state index is -0.818. The van der Waals surface area contributed by atoms with Crippen LogP contribution in [-0.2, 0) is 14.3 Å². The predicted molar refractivity (Wildman–Crippen MR) is 239 cm³/mol. The van der Waals surface area contributed by atoms with Crippen molar-refractivity contribution in [3.63, 3.8) is 0 Å². The van der Waals surface area contributed by atoms with E-state index in [1.807, 2.05) is 54.0 Å². The average Bonchev–Trinajstić information content (AvgIpc) is 3.95. The molecule has 2 aromatic heterocycles. The summed E-state index contributed by atoms with van der Waals surface area (Å²) in [5, 5.41) is 12.4. The van der Waals surface area contributed by atoms with Crippen LogP contribution < -0.4 is 16.0 Å². The van der Waals surface area contributed by atoms with Gasteiger partial charge in [-0.05, 0) is 95.2 Å². The first kappa shape index (κ1) is 38.9. The number of hydrogen-bond donors (Lipinski definition) is 5. The fraction of sp³-hybridized carbons (Fsp3) is 0.347. The van der Waals surface area contributed by atoms with Crippen molar-refractivity contribution in [3.05, 3.63) is 108 Å². The van der Waals surface area contributed by atoms with Crippen LogP contribution in [0.15, 0.2) is 91.0 Å². The van der Waals surface area contributed by atoms with Gasteiger partial charge in [0.1, 0.15) is 23.7 Å². The number of urea groups is 1. The Balaban J connectivity index is 0.865. The smallest absolute Gasteiger partial charge is 0.407 e. The zero-order valence-corrected chi connectivity index (χ0v) is 35.5. The van der Waals surface area contributed by atoms with E-state index in [0.29, 0.717) is 11.8 Å². The highest BCUT2D eigenvalue weighted by Gasteiger charge is 2.57. The number of carbonyl (C=O) groups is 4. The number of likely N-dealkylation sites (tertiary alicyclic amines) is 2. The number of aromatic amines is 2. The van der Waals surface area contributed by atoms with Crippen LogP contribution >= 0.6 is 0 Å². The second-order valence-corrected chi connectivity index (χ2v) is 18.1. The maximum Gasteiger partial charge on any atom is 0.407 e. The van der Waals surface area contributed by atoms with Crippen molar-refractivity contribution in [2.45, 2.75) is 75.8 Å². The number of imidazole rings is 2. The van der Waals surface area contributed by atoms with E-state index in [0.717, 1.165) is 97.6 Å². The third kappa shape index (κ3) is 6.61. The van der Waals surface area contributed by atoms with Crippen molar-refractivity contribution in [2.75, 3.05) is 14.2 Å². The first-order valence-corrected chi connectivity index (χ1v) is 22.0. The molecule has 5 aromatic carbocycles. The summed E-state index contributed by atoms with van der Waals surface area (Å²) in [6, 6.07) is 28.6. The van der Waals surface area contributed by atoms with E-state index in [9.17, 15) is 19.2 Å². The van der Waals surface area contributed by atoms with E-state index >= 15 is 0 Å². The quantitative estimate of drug-likeness (QED) is 0.0985. The van der Waals surface area contributed by atoms with Gasteiger partial charge in [0.2, 0.25) is 5.91 Å². The van der Waals surface area contributed by atoms with Gasteiger partial charge in [-0.2, -0.15) is 0 Å². The molecule has 63 heavy (non-hydrogen) atoms. The number of ether oxygens (including phenoxy) is 1. The molecule has 8 atom stereocenters. The summed E-state index contributed by atoms with van der Waals surface area (Å²) in [5.74, 6) is 2.03. The molecule has 2 saturated heterocycles. The summed E-state index contributed by atoms with van der Waals surface area (Å²) in [6.45, 7) is 3.86. The van der Waals surface area contributed by atoms with Crippen molar-refractivity contribution in [2.24, 2.45) is 17.8 Å². The van der Waals surface area contributed by atoms with Crippen LogP contribution in [0.2, 0.25) is 0 Å². The van der Waals surface area contributed by atoms with Crippen molar-refractivity contribution in [1.82, 2.24) is 45.7 Å². The van der Waals surface area contributed by atoms with Gasteiger partial charge in [-0.15, -0.1) is 0 Å². The van der Waals surface area contributed by atoms with Gasteiger partial charge in [-0.25, -0.2) is 19.6 Å². The summed E-state index contributed by atoms with van der Waals surface area (Å²) in [5.41, 5.74) is 6.44. The first-order valence-electron chi connectivity index (χ1n) is 22.0. The highest BCUT2D eigenvalue weighted by atomic mass is 16.5. The third-order valence-electron chi connectivity index (χ3n) is 13.9. The number of alkyl carbamates (subject to hydrolysis) is 1. The molecule has 4 aliphatic rings. The number of piperidine rings is 2. The lowest BCUT2D eigenvalue weighted by Gasteiger charge is -2.31. The first-order chi connectivity index (χ1) is 30.6. The second-order valence-electron chi connectivity index (χ2n) is 18.1. The molecule has 11 rings (SSSR count). The van der Waals surface area contributed by atoms with Gasteiger partial charge in [-0.1, -0.05) is 80.6 Å². The number of nitrogens with one attached hydrogen (secondary N) is 5. The summed E-state index contributed by atoms with van der Waals surface area (Å²) in [4.78, 5) is 74.3. The molecule has 0 spiro atoms. The molecule has 0 bridgehead atoms. The Bertz CT molecular complexity index is 3000. The molecule has 4 fully saturated rings. The van der Waals surface area contributed by atoms with Crippen LogP contribution in [0.1, 0.15) is 74.9 Å². The van der Waals surface area contributed by atoms with Crippen LogP contribution in [0.3, 0.4) is 0 Å². The number of hydrogen-bond acceptors (Lipinski definition) is 7. The monoisotopic (exact) mass is 843 g/mol. The van der Waals surface area contributed by atoms with Crippen LogP contribution in [0.5, 0.6) is 0 Å². The predicted octanol–water partition coefficient (Wildman–Crippen LogP) is 7.79. The van der Waals surface area contributed by atoms with Crippen LogP contribution in [0.25, 0.3) is 54.7 Å². The SMILES string of the molecule is CNC(=O)N[C@@H](C(=O)N1[C@@H]2C[C@@H]2C[C@H]1c1nc2c(ccc3cc(-c4ccc5c(ccc6[nH]c([C@@H]7CC8CC8N7C(=O)[C@@H](NC(=O)OC)C(C)C)nc65)c4)ccc32)[nH]1)c1ccccc1. The number of amides is 5. The van der Waals surface area contributed by atoms with Crippen LogP contribution in [-0.4, -0.2) is 86.0 Å². The Kier molecular flexibility index (Phi) is 9.18. The van der Waals surface area contributed by atoms with E-state index in [1.54, 1.807) is 7.05 Å². The minimum absolute atomic E-state index is 0.0987. The molecular formula is C49H49N9O5. The van der Waals surface area contributed by atoms with Gasteiger partial charge < -0.3 is 40.5 Å². The number of fused-ring (bicyclic) bond motifs is 8. The van der Waals surface area contributed by atoms with Crippen LogP contribution in [0, 0.1) is 17.8 Å². The van der Waals surface area contributed by atoms with Gasteiger partial charge in [0.05, 0.1) is 41.3 Å². The molecule has 7 aromatic rings. The summed E-state index contributed by atoms with van der Waals surface area (Å²) >= 11 is 0. The highest BCUT2D eigenvalue weighted by Crippen LogP contribution is 2.55. The second kappa shape index (κ2) is 14.8. The van der Waals surface area contributed by atoms with E-state index in [2.05, 4.69) is 86.6 Å². The van der Waals surface area contributed by atoms with Crippen molar-refractivity contribution in [1.29, 1.82) is 0 Å². The molecule has 2 saturated carbocycles. The lowest BCUT2D eigenvalue weighted by atomic mass is 9.98. The minimum Gasteiger partial charge on any atom is -0.453 e. The van der Waals surface area contributed by atoms with Crippen molar-refractivity contribution >= 4 is 67.6 Å². The molecule has 2 unspecified atom stereocenters. The Labute approximate surface area is 363 Å². The Morgan fingerprint density at radius 2 is 1.22 bits per heavy atom. The zero-order chi connectivity index (χ0) is 43.3. The van der Waals surface area contributed by atoms with Crippen molar-refractivity contribution < 1.29 is 23.9 Å². The molecule has 4 heterocycles. The molecule has 5 amide bonds. The molecule has 0 radical (unpaired) electrons. The number of rotatable bonds is 9. The normalized spacial score (nSPS) is 23.2. The lowest BCUT2D eigenvalue weighted by Crippen LogP contribution is -2.52. The molecule has 14 nitrogen and oxygen atoms in total. The Morgan fingerprint density at radius 1 is 0.683 bits per heavy atom. The maximum absolute atomic E-state index is 14.3. The Hall–Kier alpha value is -6.96. The summed E-state index contributed by atoms with van der Waals surface area (Å²) in [7, 11) is 2.86. The fourth-order valence-electron chi connectivity index (χ4n) is 10.5. The van der Waals surface area contributed by atoms with Gasteiger partial charge >= 0.3 is 12.1 Å². The number of benzene rings is 5. The standard InChI is InChI=1S/C49H49N9O5/c1-24(2)40(56-49(62)63-4)46(59)57-36-20-30(36)22-38(57)44-51-34-16-12-28-18-26(10-14-32(28)42(34)53-44)27-11-15-33-29(19-27)13-17-35-43(33)54-45(52-35)39-23-31-21-37(31)58(39)47(60)41(55-48(61)50-3)25-8-6-5-7-9-25/h5-19,24,30-31,36-41H,20-23H2,1-4H3,(H,51,53)(H,52,54)(H,56,62)(H2,50,55,61)/t30?,31-,36?,37-,38+,39+,40+,41-/m1/s1. The van der Waals surface area contributed by atoms with Crippen LogP contribution in [0.4, 0.5) is 9.59 Å². The van der Waals surface area contributed by atoms with E-state index in [4.69, 9.17) is 14.7 Å². The largest absolute Gasteiger partial charge is 0.453 e. The van der Waals surface area contributed by atoms with Gasteiger partial charge in [0.15, 0.2) is 0 Å². The number of carbonyl (C=O) groups excluding carboxylic acids is 4. The topological polar surface area (TPSA) is 177 Å². The van der Waals surface area contributed by atoms with E-state index < -0.39 is 24.2 Å². The van der Waals surface area contributed by atoms with Crippen molar-refractivity contribution in [3.8, 4) is 11.1 Å². The Morgan fingerprint density at radius 3 is 1.73 bits per heavy atom. The van der Waals surface area contributed by atoms with Gasteiger partial charge in [0.25, 0.3) is 5.91 Å². The molecule has 14 heteroatoms. The molecule has 5 N–H and O–H groups in total. The average molecular weight is 844 g/mol. The molecular weight excluding hydrogens is 795 g/mol.